The number of aryl methyl sites for hydroxylation is 2. The van der Waals surface area contributed by atoms with E-state index in [9.17, 15) is 14.4 Å². The van der Waals surface area contributed by atoms with Gasteiger partial charge in [0.25, 0.3) is 11.5 Å². The maximum Gasteiger partial charge on any atom is 0.329 e. The molecule has 4 rings (SSSR count). The van der Waals surface area contributed by atoms with Gasteiger partial charge in [-0.2, -0.15) is 0 Å². The number of aromatic nitrogens is 3. The first-order valence-electron chi connectivity index (χ1n) is 9.65. The number of rotatable bonds is 4. The van der Waals surface area contributed by atoms with Crippen LogP contribution >= 0.6 is 0 Å². The molecular formula is C21H22N4O4. The number of aromatic amines is 1. The van der Waals surface area contributed by atoms with E-state index in [0.717, 1.165) is 36.3 Å². The van der Waals surface area contributed by atoms with Crippen molar-refractivity contribution in [3.05, 3.63) is 62.4 Å². The van der Waals surface area contributed by atoms with Crippen molar-refractivity contribution in [2.45, 2.75) is 32.7 Å². The molecule has 3 heterocycles. The lowest BCUT2D eigenvalue weighted by molar-refractivity contribution is 0.0985. The molecule has 0 saturated heterocycles. The third-order valence-corrected chi connectivity index (χ3v) is 5.18. The second kappa shape index (κ2) is 7.54. The Morgan fingerprint density at radius 3 is 2.86 bits per heavy atom. The molecule has 0 radical (unpaired) electrons. The van der Waals surface area contributed by atoms with Gasteiger partial charge < -0.3 is 9.64 Å². The number of nitrogens with one attached hydrogen (secondary N) is 1. The second-order valence-corrected chi connectivity index (χ2v) is 7.06. The number of carbonyl (C=O) groups excluding carboxylic acids is 1. The molecular weight excluding hydrogens is 372 g/mol. The molecule has 29 heavy (non-hydrogen) atoms. The summed E-state index contributed by atoms with van der Waals surface area (Å²) in [5.41, 5.74) is 1.46. The predicted molar refractivity (Wildman–Crippen MR) is 110 cm³/mol. The summed E-state index contributed by atoms with van der Waals surface area (Å²) in [6.07, 6.45) is 3.86. The zero-order valence-electron chi connectivity index (χ0n) is 16.4. The Balaban J connectivity index is 1.77. The van der Waals surface area contributed by atoms with Crippen LogP contribution in [-0.4, -0.2) is 34.1 Å². The number of fused-ring (bicyclic) bond motifs is 2. The minimum atomic E-state index is -0.539. The Kier molecular flexibility index (Phi) is 4.92. The Hall–Kier alpha value is -3.42. The largest absolute Gasteiger partial charge is 0.497 e. The van der Waals surface area contributed by atoms with Gasteiger partial charge in [-0.3, -0.25) is 19.1 Å². The van der Waals surface area contributed by atoms with Crippen molar-refractivity contribution in [1.29, 1.82) is 0 Å². The van der Waals surface area contributed by atoms with Gasteiger partial charge in [0.2, 0.25) is 0 Å². The Morgan fingerprint density at radius 1 is 1.28 bits per heavy atom. The number of ether oxygens (including phenoxy) is 1. The van der Waals surface area contributed by atoms with Gasteiger partial charge in [-0.1, -0.05) is 6.92 Å². The van der Waals surface area contributed by atoms with Crippen LogP contribution in [0.3, 0.4) is 0 Å². The molecule has 8 nitrogen and oxygen atoms in total. The van der Waals surface area contributed by atoms with E-state index in [2.05, 4.69) is 9.97 Å². The zero-order chi connectivity index (χ0) is 20.5. The number of pyridine rings is 1. The molecule has 2 aromatic heterocycles. The number of carbonyl (C=O) groups is 1. The molecule has 0 aliphatic carbocycles. The number of hydrogen-bond acceptors (Lipinski definition) is 5. The van der Waals surface area contributed by atoms with Gasteiger partial charge in [0.05, 0.1) is 18.1 Å². The van der Waals surface area contributed by atoms with Crippen molar-refractivity contribution < 1.29 is 9.53 Å². The van der Waals surface area contributed by atoms with Crippen molar-refractivity contribution in [2.24, 2.45) is 0 Å². The maximum absolute atomic E-state index is 13.2. The van der Waals surface area contributed by atoms with Crippen LogP contribution in [0.15, 0.2) is 40.1 Å². The highest BCUT2D eigenvalue weighted by Gasteiger charge is 2.25. The molecule has 0 bridgehead atoms. The fourth-order valence-corrected chi connectivity index (χ4v) is 3.78. The second-order valence-electron chi connectivity index (χ2n) is 7.06. The first-order chi connectivity index (χ1) is 14.0. The van der Waals surface area contributed by atoms with Crippen LogP contribution in [0, 0.1) is 0 Å². The van der Waals surface area contributed by atoms with Crippen LogP contribution in [0.4, 0.5) is 5.69 Å². The molecule has 0 fully saturated rings. The monoisotopic (exact) mass is 394 g/mol. The summed E-state index contributed by atoms with van der Waals surface area (Å²) in [7, 11) is 1.61. The van der Waals surface area contributed by atoms with E-state index < -0.39 is 11.2 Å². The van der Waals surface area contributed by atoms with Crippen LogP contribution in [-0.2, 0) is 13.0 Å². The molecule has 1 amide bonds. The number of methoxy groups -OCH3 is 1. The van der Waals surface area contributed by atoms with Crippen LogP contribution in [0.2, 0.25) is 0 Å². The summed E-state index contributed by atoms with van der Waals surface area (Å²) in [6, 6.07) is 7.18. The van der Waals surface area contributed by atoms with E-state index >= 15 is 0 Å². The Labute approximate surface area is 166 Å². The van der Waals surface area contributed by atoms with E-state index in [1.807, 2.05) is 25.1 Å². The SMILES string of the molecule is CCCn1c(=O)[nH]c(=O)c2cc(C(=O)N3CCCc4cc(OC)ccc43)cnc21. The highest BCUT2D eigenvalue weighted by molar-refractivity contribution is 6.07. The highest BCUT2D eigenvalue weighted by atomic mass is 16.5. The van der Waals surface area contributed by atoms with Gasteiger partial charge in [-0.25, -0.2) is 9.78 Å². The normalized spacial score (nSPS) is 13.4. The predicted octanol–water partition coefficient (Wildman–Crippen LogP) is 2.10. The molecule has 3 aromatic rings. The van der Waals surface area contributed by atoms with Gasteiger partial charge in [-0.05, 0) is 49.1 Å². The number of H-pyrrole nitrogens is 1. The smallest absolute Gasteiger partial charge is 0.329 e. The van der Waals surface area contributed by atoms with Crippen molar-refractivity contribution in [3.8, 4) is 5.75 Å². The molecule has 0 saturated carbocycles. The van der Waals surface area contributed by atoms with E-state index in [1.165, 1.54) is 16.8 Å². The zero-order valence-corrected chi connectivity index (χ0v) is 16.4. The molecule has 1 N–H and O–H groups in total. The van der Waals surface area contributed by atoms with E-state index in [4.69, 9.17) is 4.74 Å². The third kappa shape index (κ3) is 3.30. The third-order valence-electron chi connectivity index (χ3n) is 5.18. The molecule has 1 aliphatic rings. The molecule has 0 atom stereocenters. The average Bonchev–Trinajstić information content (AvgIpc) is 2.75. The van der Waals surface area contributed by atoms with Crippen LogP contribution in [0.1, 0.15) is 35.7 Å². The summed E-state index contributed by atoms with van der Waals surface area (Å²) < 4.78 is 6.71. The Bertz CT molecular complexity index is 1210. The van der Waals surface area contributed by atoms with E-state index in [-0.39, 0.29) is 11.3 Å². The minimum Gasteiger partial charge on any atom is -0.497 e. The minimum absolute atomic E-state index is 0.224. The number of hydrogen-bond donors (Lipinski definition) is 1. The molecule has 0 spiro atoms. The highest BCUT2D eigenvalue weighted by Crippen LogP contribution is 2.31. The topological polar surface area (TPSA) is 97.3 Å². The number of benzene rings is 1. The number of anilines is 1. The fourth-order valence-electron chi connectivity index (χ4n) is 3.78. The van der Waals surface area contributed by atoms with Crippen molar-refractivity contribution in [1.82, 2.24) is 14.5 Å². The quantitative estimate of drug-likeness (QED) is 0.731. The van der Waals surface area contributed by atoms with Gasteiger partial charge >= 0.3 is 5.69 Å². The molecule has 150 valence electrons. The summed E-state index contributed by atoms with van der Waals surface area (Å²) in [5, 5.41) is 0.232. The average molecular weight is 394 g/mol. The van der Waals surface area contributed by atoms with Gasteiger partial charge in [0.1, 0.15) is 11.4 Å². The molecule has 8 heteroatoms. The van der Waals surface area contributed by atoms with Gasteiger partial charge in [-0.15, -0.1) is 0 Å². The summed E-state index contributed by atoms with van der Waals surface area (Å²) in [4.78, 5) is 45.9. The standard InChI is InChI=1S/C21H22N4O4/c1-3-8-25-18-16(19(26)23-21(25)28)11-14(12-22-18)20(27)24-9-4-5-13-10-15(29-2)6-7-17(13)24/h6-7,10-12H,3-5,8-9H2,1-2H3,(H,23,26,28). The first-order valence-corrected chi connectivity index (χ1v) is 9.65. The van der Waals surface area contributed by atoms with Crippen LogP contribution < -0.4 is 20.9 Å². The summed E-state index contributed by atoms with van der Waals surface area (Å²) in [5.74, 6) is 0.531. The lowest BCUT2D eigenvalue weighted by Crippen LogP contribution is -2.36. The first kappa shape index (κ1) is 18.9. The van der Waals surface area contributed by atoms with E-state index in [1.54, 1.807) is 12.0 Å². The van der Waals surface area contributed by atoms with Crippen LogP contribution in [0.5, 0.6) is 5.75 Å². The fraction of sp³-hybridized carbons (Fsp3) is 0.333. The van der Waals surface area contributed by atoms with Crippen LogP contribution in [0.25, 0.3) is 11.0 Å². The van der Waals surface area contributed by atoms with Gasteiger partial charge in [0.15, 0.2) is 0 Å². The van der Waals surface area contributed by atoms with E-state index in [0.29, 0.717) is 24.3 Å². The lowest BCUT2D eigenvalue weighted by atomic mass is 10.0. The summed E-state index contributed by atoms with van der Waals surface area (Å²) >= 11 is 0. The number of nitrogens with zero attached hydrogens (tertiary/aromatic N) is 3. The maximum atomic E-state index is 13.2. The van der Waals surface area contributed by atoms with Crippen molar-refractivity contribution in [3.63, 3.8) is 0 Å². The van der Waals surface area contributed by atoms with Crippen molar-refractivity contribution in [2.75, 3.05) is 18.6 Å². The summed E-state index contributed by atoms with van der Waals surface area (Å²) in [6.45, 7) is 2.96. The van der Waals surface area contributed by atoms with Gasteiger partial charge in [0, 0.05) is 25.0 Å². The Morgan fingerprint density at radius 2 is 2.10 bits per heavy atom. The molecule has 1 aliphatic heterocycles. The molecule has 0 unspecified atom stereocenters. The van der Waals surface area contributed by atoms with Crippen molar-refractivity contribution >= 4 is 22.6 Å². The lowest BCUT2D eigenvalue weighted by Gasteiger charge is -2.29. The molecule has 1 aromatic carbocycles. The number of amides is 1.